The lowest BCUT2D eigenvalue weighted by molar-refractivity contribution is 0.00578. The van der Waals surface area contributed by atoms with E-state index in [-0.39, 0.29) is 18.3 Å². The molecule has 0 saturated carbocycles. The molecular weight excluding hydrogens is 1020 g/mol. The first-order valence-corrected chi connectivity index (χ1v) is 27.3. The van der Waals surface area contributed by atoms with Crippen molar-refractivity contribution < 1.29 is 9.31 Å². The van der Waals surface area contributed by atoms with Crippen molar-refractivity contribution in [2.24, 2.45) is 0 Å². The Balaban J connectivity index is 0.000000210. The summed E-state index contributed by atoms with van der Waals surface area (Å²) < 4.78 is 17.1. The second-order valence-corrected chi connectivity index (χ2v) is 21.0. The van der Waals surface area contributed by atoms with Gasteiger partial charge in [-0.15, -0.1) is 0 Å². The van der Waals surface area contributed by atoms with Gasteiger partial charge in [0.25, 0.3) is 0 Å². The molecule has 1 saturated heterocycles. The maximum atomic E-state index is 7.32. The van der Waals surface area contributed by atoms with Crippen molar-refractivity contribution in [3.8, 4) is 45.3 Å². The van der Waals surface area contributed by atoms with Gasteiger partial charge in [0, 0.05) is 15.6 Å². The van der Waals surface area contributed by atoms with E-state index in [0.29, 0.717) is 11.4 Å². The standard InChI is InChI=1S/C27H26N4.C18H18BrN3.C15H20BNO2.C2H6.CH4S/c1-16-11-19(4)26(20(5)12-16)31-27(29-21(6)30-31)23-10-8-9-22(15-23)25-17(2)13-24(28-7)14-18(25)3;1-11-8-12(2)17(13(3)9-11)22-18(20-14(4)21-22)15-6-5-7-16(19)10-15;1-10-8-12(17-7)9-11(2)13(10)16-18-14(3,4)15(5,6)19-16;2*1-2/h8-15H,1-6H3;5-10H,1-4H3;8-9H,1-6H3;1-2H3;2H,1H3. The molecule has 0 bridgehead atoms. The van der Waals surface area contributed by atoms with E-state index in [9.17, 15) is 0 Å². The summed E-state index contributed by atoms with van der Waals surface area (Å²) in [7, 11) is -0.357. The van der Waals surface area contributed by atoms with Crippen molar-refractivity contribution in [2.75, 3.05) is 6.26 Å². The van der Waals surface area contributed by atoms with E-state index >= 15 is 0 Å². The first-order valence-electron chi connectivity index (χ1n) is 25.6. The fraction of sp³-hybridized carbons (Fsp3) is 0.333. The second kappa shape index (κ2) is 25.5. The SMILES string of the molecule is CC.CS.Cc1cc(C)c(-n2nc(C)nc2-c2cccc(Br)c2)c(C)c1.[C-]#[N+]c1cc(C)c(-c2cccc(-c3nc(C)nn3-c3c(C)cc(C)cc3C)c2)c(C)c1.[C-]#[N+]c1cc(C)c(B2OC(C)(C)C(C)(C)O2)c(C)c1. The Morgan fingerprint density at radius 1 is 0.500 bits per heavy atom. The lowest BCUT2D eigenvalue weighted by Crippen LogP contribution is -2.41. The Kier molecular flexibility index (Phi) is 20.2. The summed E-state index contributed by atoms with van der Waals surface area (Å²) in [6.45, 7) is 51.3. The quantitative estimate of drug-likeness (QED) is 0.101. The molecule has 1 fully saturated rings. The van der Waals surface area contributed by atoms with Gasteiger partial charge in [-0.2, -0.15) is 22.8 Å². The predicted molar refractivity (Wildman–Crippen MR) is 325 cm³/mol. The van der Waals surface area contributed by atoms with E-state index in [4.69, 9.17) is 32.5 Å². The fourth-order valence-electron chi connectivity index (χ4n) is 9.78. The zero-order valence-corrected chi connectivity index (χ0v) is 50.5. The van der Waals surface area contributed by atoms with Gasteiger partial charge in [0.1, 0.15) is 11.6 Å². The summed E-state index contributed by atoms with van der Waals surface area (Å²) in [4.78, 5) is 16.5. The Labute approximate surface area is 467 Å². The molecule has 3 heterocycles. The number of thiol groups is 1. The zero-order valence-electron chi connectivity index (χ0n) is 48.0. The van der Waals surface area contributed by atoms with Crippen LogP contribution < -0.4 is 5.46 Å². The average molecular weight is 1100 g/mol. The van der Waals surface area contributed by atoms with Gasteiger partial charge in [-0.05, 0) is 174 Å². The number of hydrogen-bond acceptors (Lipinski definition) is 7. The molecule has 9 rings (SSSR count). The number of hydrogen-bond donors (Lipinski definition) is 1. The summed E-state index contributed by atoms with van der Waals surface area (Å²) in [6.07, 6.45) is 1.69. The molecule has 6 aromatic carbocycles. The Hall–Kier alpha value is -6.61. The van der Waals surface area contributed by atoms with Crippen LogP contribution >= 0.6 is 28.6 Å². The molecule has 13 heteroatoms. The number of aryl methyl sites for hydroxylation is 12. The molecule has 394 valence electrons. The van der Waals surface area contributed by atoms with Crippen LogP contribution in [-0.4, -0.2) is 54.1 Å². The zero-order chi connectivity index (χ0) is 56.6. The van der Waals surface area contributed by atoms with Gasteiger partial charge < -0.3 is 9.31 Å². The molecule has 76 heavy (non-hydrogen) atoms. The van der Waals surface area contributed by atoms with Gasteiger partial charge in [-0.3, -0.25) is 0 Å². The van der Waals surface area contributed by atoms with Gasteiger partial charge >= 0.3 is 7.12 Å². The number of rotatable bonds is 6. The lowest BCUT2D eigenvalue weighted by Gasteiger charge is -2.32. The maximum absolute atomic E-state index is 7.32. The highest BCUT2D eigenvalue weighted by molar-refractivity contribution is 9.10. The summed E-state index contributed by atoms with van der Waals surface area (Å²) >= 11 is 7.06. The van der Waals surface area contributed by atoms with Crippen molar-refractivity contribution in [3.05, 3.63) is 192 Å². The molecule has 1 aliphatic rings. The van der Waals surface area contributed by atoms with Crippen LogP contribution in [0.15, 0.2) is 102 Å². The summed E-state index contributed by atoms with van der Waals surface area (Å²) in [5, 5.41) is 9.37. The third kappa shape index (κ3) is 13.5. The smallest absolute Gasteiger partial charge is 0.399 e. The van der Waals surface area contributed by atoms with E-state index in [1.165, 1.54) is 38.9 Å². The van der Waals surface area contributed by atoms with Crippen LogP contribution in [0.25, 0.3) is 55.0 Å². The van der Waals surface area contributed by atoms with Gasteiger partial charge in [-0.25, -0.2) is 29.0 Å². The summed E-state index contributed by atoms with van der Waals surface area (Å²) in [5.74, 6) is 3.22. The molecule has 1 aliphatic heterocycles. The van der Waals surface area contributed by atoms with Crippen molar-refractivity contribution in [3.63, 3.8) is 0 Å². The topological polar surface area (TPSA) is 88.6 Å². The molecule has 0 amide bonds. The van der Waals surface area contributed by atoms with Crippen LogP contribution in [0.1, 0.15) is 109 Å². The highest BCUT2D eigenvalue weighted by Crippen LogP contribution is 2.38. The van der Waals surface area contributed by atoms with Crippen molar-refractivity contribution >= 4 is 52.5 Å². The monoisotopic (exact) mass is 1100 g/mol. The predicted octanol–water partition coefficient (Wildman–Crippen LogP) is 16.7. The Morgan fingerprint density at radius 3 is 1.24 bits per heavy atom. The minimum absolute atomic E-state index is 0.338. The van der Waals surface area contributed by atoms with Crippen LogP contribution in [0.3, 0.4) is 0 Å². The van der Waals surface area contributed by atoms with Gasteiger partial charge in [0.15, 0.2) is 23.0 Å². The Morgan fingerprint density at radius 2 is 0.855 bits per heavy atom. The van der Waals surface area contributed by atoms with E-state index < -0.39 is 0 Å². The molecule has 8 aromatic rings. The highest BCUT2D eigenvalue weighted by atomic mass is 79.9. The molecule has 2 aromatic heterocycles. The summed E-state index contributed by atoms with van der Waals surface area (Å²) in [5.41, 5.74) is 19.8. The van der Waals surface area contributed by atoms with Gasteiger partial charge in [0.05, 0.1) is 35.7 Å². The first kappa shape index (κ1) is 60.3. The highest BCUT2D eigenvalue weighted by Gasteiger charge is 2.52. The van der Waals surface area contributed by atoms with Crippen LogP contribution in [0.5, 0.6) is 0 Å². The van der Waals surface area contributed by atoms with Gasteiger partial charge in [-0.1, -0.05) is 142 Å². The largest absolute Gasteiger partial charge is 0.495 e. The van der Waals surface area contributed by atoms with Gasteiger partial charge in [0.2, 0.25) is 0 Å². The third-order valence-electron chi connectivity index (χ3n) is 13.5. The average Bonchev–Trinajstić information content (AvgIpc) is 3.99. The van der Waals surface area contributed by atoms with Crippen molar-refractivity contribution in [2.45, 2.75) is 136 Å². The number of benzene rings is 6. The maximum Gasteiger partial charge on any atom is 0.495 e. The molecule has 10 nitrogen and oxygen atoms in total. The van der Waals surface area contributed by atoms with E-state index in [2.05, 4.69) is 164 Å². The molecule has 0 N–H and O–H groups in total. The van der Waals surface area contributed by atoms with E-state index in [0.717, 1.165) is 83.6 Å². The summed E-state index contributed by atoms with van der Waals surface area (Å²) in [6, 6.07) is 33.0. The molecule has 0 unspecified atom stereocenters. The second-order valence-electron chi connectivity index (χ2n) is 20.1. The molecule has 0 aliphatic carbocycles. The van der Waals surface area contributed by atoms with Crippen LogP contribution in [0.4, 0.5) is 11.4 Å². The van der Waals surface area contributed by atoms with Crippen LogP contribution in [0, 0.1) is 96.2 Å². The molecular formula is C63H74BBrN8O2S. The van der Waals surface area contributed by atoms with Crippen LogP contribution in [-0.2, 0) is 9.31 Å². The third-order valence-corrected chi connectivity index (χ3v) is 13.9. The number of nitrogens with zero attached hydrogens (tertiary/aromatic N) is 8. The normalized spacial score (nSPS) is 12.9. The lowest BCUT2D eigenvalue weighted by atomic mass is 9.73. The number of aromatic nitrogens is 6. The molecule has 0 radical (unpaired) electrons. The van der Waals surface area contributed by atoms with Crippen molar-refractivity contribution in [1.82, 2.24) is 29.5 Å². The minimum atomic E-state index is -0.357. The molecule has 0 spiro atoms. The van der Waals surface area contributed by atoms with E-state index in [1.54, 1.807) is 6.26 Å². The van der Waals surface area contributed by atoms with Crippen molar-refractivity contribution in [1.29, 1.82) is 0 Å². The number of halogens is 1. The van der Waals surface area contributed by atoms with E-state index in [1.807, 2.05) is 115 Å². The Bertz CT molecular complexity index is 3360. The first-order chi connectivity index (χ1) is 35.9. The van der Waals surface area contributed by atoms with Crippen LogP contribution in [0.2, 0.25) is 0 Å². The fourth-order valence-corrected chi connectivity index (χ4v) is 10.2. The molecule has 0 atom stereocenters. The minimum Gasteiger partial charge on any atom is -0.399 e.